The van der Waals surface area contributed by atoms with Crippen LogP contribution in [-0.4, -0.2) is 37.6 Å². The Morgan fingerprint density at radius 3 is 2.35 bits per heavy atom. The van der Waals surface area contributed by atoms with Crippen molar-refractivity contribution in [3.8, 4) is 0 Å². The van der Waals surface area contributed by atoms with Crippen molar-refractivity contribution in [1.29, 1.82) is 0 Å². The number of nitrogens with one attached hydrogen (secondary N) is 1. The lowest BCUT2D eigenvalue weighted by molar-refractivity contribution is 0.261. The Morgan fingerprint density at radius 2 is 1.88 bits per heavy atom. The SMILES string of the molecule is C=C(C)/C=C(\C=C/C)CN1CCNCC1.CC. The highest BCUT2D eigenvalue weighted by Crippen LogP contribution is 2.06. The lowest BCUT2D eigenvalue weighted by atomic mass is 10.1. The normalized spacial score (nSPS) is 17.8. The number of rotatable bonds is 4. The van der Waals surface area contributed by atoms with E-state index < -0.39 is 0 Å². The van der Waals surface area contributed by atoms with Crippen LogP contribution in [0, 0.1) is 0 Å². The Morgan fingerprint density at radius 1 is 1.29 bits per heavy atom. The van der Waals surface area contributed by atoms with Crippen molar-refractivity contribution in [3.63, 3.8) is 0 Å². The summed E-state index contributed by atoms with van der Waals surface area (Å²) < 4.78 is 0. The van der Waals surface area contributed by atoms with Gasteiger partial charge in [-0.2, -0.15) is 0 Å². The molecule has 2 nitrogen and oxygen atoms in total. The molecule has 1 saturated heterocycles. The Balaban J connectivity index is 0.00000121. The van der Waals surface area contributed by atoms with E-state index in [1.807, 2.05) is 20.8 Å². The van der Waals surface area contributed by atoms with Crippen molar-refractivity contribution < 1.29 is 0 Å². The average molecular weight is 236 g/mol. The summed E-state index contributed by atoms with van der Waals surface area (Å²) in [6, 6.07) is 0. The molecule has 1 aliphatic rings. The summed E-state index contributed by atoms with van der Waals surface area (Å²) in [6.45, 7) is 17.6. The molecule has 0 unspecified atom stereocenters. The molecule has 0 atom stereocenters. The van der Waals surface area contributed by atoms with Gasteiger partial charge in [0.2, 0.25) is 0 Å². The minimum Gasteiger partial charge on any atom is -0.314 e. The number of hydrogen-bond acceptors (Lipinski definition) is 2. The molecule has 0 aromatic carbocycles. The molecule has 1 N–H and O–H groups in total. The van der Waals surface area contributed by atoms with Crippen molar-refractivity contribution in [3.05, 3.63) is 36.0 Å². The third-order valence-electron chi connectivity index (χ3n) is 2.43. The van der Waals surface area contributed by atoms with E-state index in [1.54, 1.807) is 0 Å². The zero-order valence-corrected chi connectivity index (χ0v) is 11.9. The van der Waals surface area contributed by atoms with Crippen LogP contribution in [0.5, 0.6) is 0 Å². The first kappa shape index (κ1) is 16.1. The molecule has 1 heterocycles. The number of piperazine rings is 1. The van der Waals surface area contributed by atoms with Crippen LogP contribution in [0.15, 0.2) is 36.0 Å². The molecule has 0 aliphatic carbocycles. The molecule has 0 saturated carbocycles. The van der Waals surface area contributed by atoms with Gasteiger partial charge >= 0.3 is 0 Å². The quantitative estimate of drug-likeness (QED) is 0.755. The van der Waals surface area contributed by atoms with Crippen LogP contribution in [0.25, 0.3) is 0 Å². The number of allylic oxidation sites excluding steroid dienone is 3. The van der Waals surface area contributed by atoms with E-state index in [2.05, 4.69) is 41.9 Å². The molecule has 0 amide bonds. The largest absolute Gasteiger partial charge is 0.314 e. The lowest BCUT2D eigenvalue weighted by Crippen LogP contribution is -2.44. The fourth-order valence-electron chi connectivity index (χ4n) is 1.80. The van der Waals surface area contributed by atoms with Crippen LogP contribution >= 0.6 is 0 Å². The lowest BCUT2D eigenvalue weighted by Gasteiger charge is -2.27. The van der Waals surface area contributed by atoms with Crippen molar-refractivity contribution in [2.75, 3.05) is 32.7 Å². The van der Waals surface area contributed by atoms with Gasteiger partial charge in [0.1, 0.15) is 0 Å². The summed E-state index contributed by atoms with van der Waals surface area (Å²) in [4.78, 5) is 2.48. The molecule has 0 radical (unpaired) electrons. The Bertz CT molecular complexity index is 258. The predicted molar refractivity (Wildman–Crippen MR) is 78.4 cm³/mol. The maximum atomic E-state index is 3.93. The highest BCUT2D eigenvalue weighted by Gasteiger charge is 2.09. The molecule has 1 aliphatic heterocycles. The molecule has 0 aromatic heterocycles. The second-order valence-corrected chi connectivity index (χ2v) is 4.09. The first-order valence-corrected chi connectivity index (χ1v) is 6.64. The van der Waals surface area contributed by atoms with E-state index in [4.69, 9.17) is 0 Å². The summed E-state index contributed by atoms with van der Waals surface area (Å²) in [7, 11) is 0. The van der Waals surface area contributed by atoms with Gasteiger partial charge in [-0.15, -0.1) is 0 Å². The Hall–Kier alpha value is -0.860. The zero-order chi connectivity index (χ0) is 13.1. The monoisotopic (exact) mass is 236 g/mol. The average Bonchev–Trinajstić information content (AvgIpc) is 2.32. The topological polar surface area (TPSA) is 15.3 Å². The Kier molecular flexibility index (Phi) is 9.78. The summed E-state index contributed by atoms with van der Waals surface area (Å²) in [5, 5.41) is 3.36. The van der Waals surface area contributed by atoms with E-state index in [9.17, 15) is 0 Å². The third kappa shape index (κ3) is 7.94. The van der Waals surface area contributed by atoms with E-state index in [1.165, 1.54) is 5.57 Å². The minimum absolute atomic E-state index is 1.04. The molecule has 98 valence electrons. The highest BCUT2D eigenvalue weighted by atomic mass is 15.2. The number of hydrogen-bond donors (Lipinski definition) is 1. The van der Waals surface area contributed by atoms with Gasteiger partial charge < -0.3 is 5.32 Å². The predicted octanol–water partition coefficient (Wildman–Crippen LogP) is 3.00. The van der Waals surface area contributed by atoms with Gasteiger partial charge in [0.15, 0.2) is 0 Å². The van der Waals surface area contributed by atoms with E-state index in [0.717, 1.165) is 38.3 Å². The second-order valence-electron chi connectivity index (χ2n) is 4.09. The van der Waals surface area contributed by atoms with E-state index in [0.29, 0.717) is 0 Å². The second kappa shape index (κ2) is 10.3. The van der Waals surface area contributed by atoms with Gasteiger partial charge in [0.25, 0.3) is 0 Å². The molecule has 0 spiro atoms. The van der Waals surface area contributed by atoms with Gasteiger partial charge in [-0.1, -0.05) is 44.2 Å². The van der Waals surface area contributed by atoms with Crippen LogP contribution in [-0.2, 0) is 0 Å². The summed E-state index contributed by atoms with van der Waals surface area (Å²) >= 11 is 0. The van der Waals surface area contributed by atoms with E-state index in [-0.39, 0.29) is 0 Å². The molecular weight excluding hydrogens is 208 g/mol. The molecule has 0 bridgehead atoms. The van der Waals surface area contributed by atoms with Gasteiger partial charge in [0, 0.05) is 32.7 Å². The maximum absolute atomic E-state index is 3.93. The van der Waals surface area contributed by atoms with Gasteiger partial charge in [-0.25, -0.2) is 0 Å². The van der Waals surface area contributed by atoms with Crippen molar-refractivity contribution in [2.24, 2.45) is 0 Å². The van der Waals surface area contributed by atoms with Gasteiger partial charge in [0.05, 0.1) is 0 Å². The van der Waals surface area contributed by atoms with Crippen LogP contribution in [0.3, 0.4) is 0 Å². The molecule has 1 fully saturated rings. The smallest absolute Gasteiger partial charge is 0.0234 e. The molecule has 2 heteroatoms. The molecule has 1 rings (SSSR count). The number of nitrogens with zero attached hydrogens (tertiary/aromatic N) is 1. The van der Waals surface area contributed by atoms with Crippen LogP contribution in [0.1, 0.15) is 27.7 Å². The molecular formula is C15H28N2. The van der Waals surface area contributed by atoms with Crippen LogP contribution in [0.2, 0.25) is 0 Å². The van der Waals surface area contributed by atoms with E-state index >= 15 is 0 Å². The fourth-order valence-corrected chi connectivity index (χ4v) is 1.80. The van der Waals surface area contributed by atoms with Gasteiger partial charge in [-0.3, -0.25) is 4.90 Å². The highest BCUT2D eigenvalue weighted by molar-refractivity contribution is 5.28. The van der Waals surface area contributed by atoms with Crippen molar-refractivity contribution >= 4 is 0 Å². The third-order valence-corrected chi connectivity index (χ3v) is 2.43. The molecule has 0 aromatic rings. The van der Waals surface area contributed by atoms with Crippen LogP contribution in [0.4, 0.5) is 0 Å². The van der Waals surface area contributed by atoms with Crippen molar-refractivity contribution in [2.45, 2.75) is 27.7 Å². The van der Waals surface area contributed by atoms with Gasteiger partial charge in [-0.05, 0) is 19.4 Å². The maximum Gasteiger partial charge on any atom is 0.0234 e. The fraction of sp³-hybridized carbons (Fsp3) is 0.600. The zero-order valence-electron chi connectivity index (χ0n) is 11.9. The first-order valence-electron chi connectivity index (χ1n) is 6.64. The molecule has 17 heavy (non-hydrogen) atoms. The summed E-state index contributed by atoms with van der Waals surface area (Å²) in [5.41, 5.74) is 2.48. The van der Waals surface area contributed by atoms with Crippen molar-refractivity contribution in [1.82, 2.24) is 10.2 Å². The summed E-state index contributed by atoms with van der Waals surface area (Å²) in [5.74, 6) is 0. The minimum atomic E-state index is 1.04. The standard InChI is InChI=1S/C13H22N2.C2H6/c1-4-5-13(10-12(2)3)11-15-8-6-14-7-9-15;1-2/h4-5,10,14H,2,6-9,11H2,1,3H3;1-2H3/b5-4-,13-10+;. The Labute approximate surface area is 107 Å². The first-order chi connectivity index (χ1) is 8.22. The van der Waals surface area contributed by atoms with Crippen LogP contribution < -0.4 is 5.32 Å². The summed E-state index contributed by atoms with van der Waals surface area (Å²) in [6.07, 6.45) is 6.44.